The maximum atomic E-state index is 12.7. The summed E-state index contributed by atoms with van der Waals surface area (Å²) in [6.07, 6.45) is 13.5. The first kappa shape index (κ1) is 58.6. The minimum absolute atomic E-state index is 0.0331. The number of unbranched alkanes of at least 4 members (excludes halogenated alkanes) is 11. The molecular weight excluding hydrogens is 963 g/mol. The molecule has 3 heterocycles. The monoisotopic (exact) mass is 1030 g/mol. The molecule has 67 heavy (non-hydrogen) atoms. The number of hydrogen-bond donors (Lipinski definition) is 9. The molecule has 382 valence electrons. The summed E-state index contributed by atoms with van der Waals surface area (Å²) in [5.41, 5.74) is 4.29. The SMILES string of the molecule is CCCCCCCC/C=C/CCCCCCCC(=O)SCCNC(=O)CCNC(=O)[C@H](O)C(C)(C)COP(=O)(O)OP(=O)(O)OC[C@H]1O[C@@H](n2cnc3c(N)ncnc32)[C@H](O)[C@@H]1OP(=O)(O)O. The molecule has 1 aliphatic rings. The van der Waals surface area contributed by atoms with E-state index >= 15 is 0 Å². The van der Waals surface area contributed by atoms with Crippen LogP contribution in [0.4, 0.5) is 5.82 Å². The van der Waals surface area contributed by atoms with Crippen LogP contribution in [0, 0.1) is 5.41 Å². The minimum Gasteiger partial charge on any atom is -0.386 e. The van der Waals surface area contributed by atoms with Crippen molar-refractivity contribution in [3.8, 4) is 0 Å². The zero-order valence-electron chi connectivity index (χ0n) is 38.1. The number of amides is 2. The third-order valence-electron chi connectivity index (χ3n) is 10.4. The highest BCUT2D eigenvalue weighted by molar-refractivity contribution is 8.13. The van der Waals surface area contributed by atoms with E-state index in [1.54, 1.807) is 0 Å². The molecule has 0 bridgehead atoms. The summed E-state index contributed by atoms with van der Waals surface area (Å²) in [5.74, 6) is -1.03. The first-order valence-electron chi connectivity index (χ1n) is 22.3. The molecular formula is C39H68N7O17P3S. The number of fused-ring (bicyclic) bond motifs is 1. The van der Waals surface area contributed by atoms with E-state index in [9.17, 15) is 57.9 Å². The van der Waals surface area contributed by atoms with E-state index in [0.717, 1.165) is 73.9 Å². The fourth-order valence-electron chi connectivity index (χ4n) is 6.71. The fraction of sp³-hybridized carbons (Fsp3) is 0.744. The number of nitrogens with zero attached hydrogens (tertiary/aromatic N) is 4. The lowest BCUT2D eigenvalue weighted by Gasteiger charge is -2.30. The topological polar surface area (TPSA) is 364 Å². The molecule has 28 heteroatoms. The number of carbonyl (C=O) groups excluding carboxylic acids is 3. The van der Waals surface area contributed by atoms with Crippen molar-refractivity contribution in [1.82, 2.24) is 30.2 Å². The van der Waals surface area contributed by atoms with Gasteiger partial charge in [0, 0.05) is 37.1 Å². The Bertz CT molecular complexity index is 2040. The lowest BCUT2D eigenvalue weighted by molar-refractivity contribution is -0.137. The maximum absolute atomic E-state index is 12.7. The largest absolute Gasteiger partial charge is 0.481 e. The number of nitrogen functional groups attached to an aromatic ring is 1. The van der Waals surface area contributed by atoms with Crippen molar-refractivity contribution < 1.29 is 80.5 Å². The third-order valence-corrected chi connectivity index (χ3v) is 14.4. The number of ether oxygens (including phenoxy) is 1. The number of nitrogens with one attached hydrogen (secondary N) is 2. The molecule has 10 N–H and O–H groups in total. The number of nitrogens with two attached hydrogens (primary N) is 1. The van der Waals surface area contributed by atoms with Crippen molar-refractivity contribution in [1.29, 1.82) is 0 Å². The number of hydrogen-bond acceptors (Lipinski definition) is 18. The molecule has 0 radical (unpaired) electrons. The Balaban J connectivity index is 1.30. The summed E-state index contributed by atoms with van der Waals surface area (Å²) in [6.45, 7) is 2.79. The summed E-state index contributed by atoms with van der Waals surface area (Å²) < 4.78 is 62.4. The van der Waals surface area contributed by atoms with Gasteiger partial charge >= 0.3 is 23.5 Å². The highest BCUT2D eigenvalue weighted by atomic mass is 32.2. The molecule has 1 saturated heterocycles. The van der Waals surface area contributed by atoms with Crippen LogP contribution in [0.15, 0.2) is 24.8 Å². The number of carbonyl (C=O) groups is 3. The van der Waals surface area contributed by atoms with Gasteiger partial charge in [-0.3, -0.25) is 32.5 Å². The van der Waals surface area contributed by atoms with Crippen LogP contribution in [0.3, 0.4) is 0 Å². The molecule has 3 rings (SSSR count). The summed E-state index contributed by atoms with van der Waals surface area (Å²) in [5, 5.41) is 26.7. The molecule has 2 aromatic rings. The van der Waals surface area contributed by atoms with Gasteiger partial charge in [-0.1, -0.05) is 96.1 Å². The van der Waals surface area contributed by atoms with Gasteiger partial charge in [0.2, 0.25) is 11.8 Å². The van der Waals surface area contributed by atoms with Gasteiger partial charge in [-0.25, -0.2) is 28.6 Å². The fourth-order valence-corrected chi connectivity index (χ4v) is 10.3. The van der Waals surface area contributed by atoms with E-state index < -0.39 is 84.6 Å². The predicted molar refractivity (Wildman–Crippen MR) is 247 cm³/mol. The number of phosphoric ester groups is 3. The number of anilines is 1. The molecule has 2 unspecified atom stereocenters. The Kier molecular flexibility index (Phi) is 25.2. The second-order valence-electron chi connectivity index (χ2n) is 16.6. The zero-order valence-corrected chi connectivity index (χ0v) is 41.6. The van der Waals surface area contributed by atoms with Gasteiger partial charge in [-0.15, -0.1) is 0 Å². The summed E-state index contributed by atoms with van der Waals surface area (Å²) >= 11 is 1.15. The molecule has 0 saturated carbocycles. The van der Waals surface area contributed by atoms with Crippen LogP contribution in [0.5, 0.6) is 0 Å². The molecule has 0 aliphatic carbocycles. The lowest BCUT2D eigenvalue weighted by Crippen LogP contribution is -2.46. The van der Waals surface area contributed by atoms with E-state index in [2.05, 4.69) is 53.5 Å². The molecule has 0 spiro atoms. The average molecular weight is 1030 g/mol. The van der Waals surface area contributed by atoms with Crippen LogP contribution in [-0.4, -0.2) is 123 Å². The van der Waals surface area contributed by atoms with Crippen molar-refractivity contribution >= 4 is 69.1 Å². The van der Waals surface area contributed by atoms with Crippen molar-refractivity contribution in [3.63, 3.8) is 0 Å². The highest BCUT2D eigenvalue weighted by Crippen LogP contribution is 2.61. The van der Waals surface area contributed by atoms with E-state index in [0.29, 0.717) is 12.2 Å². The Morgan fingerprint density at radius 1 is 0.896 bits per heavy atom. The third kappa shape index (κ3) is 21.9. The van der Waals surface area contributed by atoms with E-state index in [1.807, 2.05) is 0 Å². The Hall–Kier alpha value is -2.70. The van der Waals surface area contributed by atoms with Gasteiger partial charge in [0.25, 0.3) is 0 Å². The Morgan fingerprint density at radius 3 is 2.18 bits per heavy atom. The lowest BCUT2D eigenvalue weighted by atomic mass is 9.87. The Morgan fingerprint density at radius 2 is 1.52 bits per heavy atom. The predicted octanol–water partition coefficient (Wildman–Crippen LogP) is 4.70. The van der Waals surface area contributed by atoms with Crippen molar-refractivity contribution in [2.75, 3.05) is 37.8 Å². The average Bonchev–Trinajstić information content (AvgIpc) is 3.81. The van der Waals surface area contributed by atoms with E-state index in [1.165, 1.54) is 52.4 Å². The van der Waals surface area contributed by atoms with E-state index in [-0.39, 0.29) is 41.6 Å². The number of aromatic nitrogens is 4. The van der Waals surface area contributed by atoms with Gasteiger partial charge in [0.15, 0.2) is 22.8 Å². The first-order chi connectivity index (χ1) is 31.6. The second kappa shape index (κ2) is 28.8. The van der Waals surface area contributed by atoms with Crippen LogP contribution in [-0.2, 0) is 50.7 Å². The van der Waals surface area contributed by atoms with Crippen LogP contribution in [0.25, 0.3) is 11.2 Å². The number of phosphoric acid groups is 3. The van der Waals surface area contributed by atoms with Crippen molar-refractivity contribution in [3.05, 3.63) is 24.8 Å². The quantitative estimate of drug-likeness (QED) is 0.0260. The number of aliphatic hydroxyl groups is 2. The van der Waals surface area contributed by atoms with Crippen LogP contribution >= 0.6 is 35.2 Å². The summed E-state index contributed by atoms with van der Waals surface area (Å²) in [7, 11) is -16.4. The molecule has 24 nitrogen and oxygen atoms in total. The maximum Gasteiger partial charge on any atom is 0.481 e. The second-order valence-corrected chi connectivity index (χ2v) is 22.0. The Labute approximate surface area is 394 Å². The molecule has 7 atom stereocenters. The van der Waals surface area contributed by atoms with Gasteiger partial charge in [0.1, 0.15) is 36.3 Å². The summed E-state index contributed by atoms with van der Waals surface area (Å²) in [6, 6.07) is 0. The minimum atomic E-state index is -5.58. The first-order valence-corrected chi connectivity index (χ1v) is 27.8. The molecule has 1 aliphatic heterocycles. The number of allylic oxidation sites excluding steroid dienone is 2. The smallest absolute Gasteiger partial charge is 0.386 e. The van der Waals surface area contributed by atoms with Gasteiger partial charge in [-0.05, 0) is 32.1 Å². The number of thioether (sulfide) groups is 1. The van der Waals surface area contributed by atoms with Crippen LogP contribution < -0.4 is 16.4 Å². The normalized spacial score (nSPS) is 20.2. The molecule has 1 fully saturated rings. The zero-order chi connectivity index (χ0) is 49.7. The van der Waals surface area contributed by atoms with Gasteiger partial charge in [-0.2, -0.15) is 4.31 Å². The van der Waals surface area contributed by atoms with Gasteiger partial charge in [0.05, 0.1) is 19.5 Å². The number of aliphatic hydroxyl groups excluding tert-OH is 2. The highest BCUT2D eigenvalue weighted by Gasteiger charge is 2.50. The standard InChI is InChI=1S/C39H68N7O17P3S/c1-4-5-6-7-8-9-10-11-12-13-14-15-16-17-18-19-30(48)67-23-22-41-29(47)20-21-42-37(51)34(50)39(2,3)25-60-66(57,58)63-65(55,56)59-24-28-33(62-64(52,53)54)32(49)38(61-28)46-27-45-31-35(40)43-26-44-36(31)46/h11-12,26-28,32-34,38,49-50H,4-10,13-25H2,1-3H3,(H,41,47)(H,42,51)(H,55,56)(H,57,58)(H2,40,43,44)(H2,52,53,54)/b12-11+/t28-,32-,33-,34+,38-/m1/s1. The number of rotatable bonds is 34. The van der Waals surface area contributed by atoms with Crippen molar-refractivity contribution in [2.45, 2.75) is 148 Å². The van der Waals surface area contributed by atoms with Gasteiger partial charge < -0.3 is 50.9 Å². The number of imidazole rings is 1. The molecule has 2 amide bonds. The summed E-state index contributed by atoms with van der Waals surface area (Å²) in [4.78, 5) is 88.3. The van der Waals surface area contributed by atoms with E-state index in [4.69, 9.17) is 19.5 Å². The van der Waals surface area contributed by atoms with Crippen LogP contribution in [0.2, 0.25) is 0 Å². The van der Waals surface area contributed by atoms with Crippen LogP contribution in [0.1, 0.15) is 123 Å². The molecule has 2 aromatic heterocycles. The van der Waals surface area contributed by atoms with Crippen molar-refractivity contribution in [2.24, 2.45) is 5.41 Å². The molecule has 0 aromatic carbocycles.